The van der Waals surface area contributed by atoms with Crippen molar-refractivity contribution in [3.05, 3.63) is 22.4 Å². The van der Waals surface area contributed by atoms with Crippen LogP contribution < -0.4 is 14.8 Å². The van der Waals surface area contributed by atoms with Crippen LogP contribution in [0.3, 0.4) is 0 Å². The van der Waals surface area contributed by atoms with E-state index in [2.05, 4.69) is 20.3 Å². The maximum absolute atomic E-state index is 5.54. The molecule has 6 nitrogen and oxygen atoms in total. The van der Waals surface area contributed by atoms with Gasteiger partial charge in [-0.3, -0.25) is 0 Å². The maximum atomic E-state index is 5.54. The molecule has 0 aliphatic rings. The lowest BCUT2D eigenvalue weighted by Crippen LogP contribution is -2.11. The van der Waals surface area contributed by atoms with Crippen LogP contribution in [-0.2, 0) is 6.61 Å². The van der Waals surface area contributed by atoms with Crippen molar-refractivity contribution in [3.63, 3.8) is 0 Å². The largest absolute Gasteiger partial charge is 0.461 e. The lowest BCUT2D eigenvalue weighted by molar-refractivity contribution is 0.212. The number of ether oxygens (including phenoxy) is 2. The number of hydrogen-bond acceptors (Lipinski definition) is 7. The van der Waals surface area contributed by atoms with E-state index in [4.69, 9.17) is 9.47 Å². The first-order valence-electron chi connectivity index (χ1n) is 5.93. The molecule has 0 radical (unpaired) electrons. The summed E-state index contributed by atoms with van der Waals surface area (Å²) in [6, 6.07) is 4.48. The fourth-order valence-corrected chi connectivity index (χ4v) is 1.92. The molecule has 0 unspecified atom stereocenters. The molecule has 0 aliphatic heterocycles. The molecule has 0 aliphatic carbocycles. The Balaban J connectivity index is 2.09. The number of anilines is 1. The van der Waals surface area contributed by atoms with Gasteiger partial charge in [-0.1, -0.05) is 6.07 Å². The Morgan fingerprint density at radius 3 is 2.68 bits per heavy atom. The van der Waals surface area contributed by atoms with Gasteiger partial charge in [-0.05, 0) is 25.3 Å². The zero-order valence-corrected chi connectivity index (χ0v) is 11.9. The van der Waals surface area contributed by atoms with Gasteiger partial charge in [0.25, 0.3) is 0 Å². The minimum atomic E-state index is -0.00254. The topological polar surface area (TPSA) is 69.2 Å². The van der Waals surface area contributed by atoms with Crippen molar-refractivity contribution in [3.8, 4) is 12.0 Å². The van der Waals surface area contributed by atoms with Crippen LogP contribution in [0, 0.1) is 0 Å². The van der Waals surface area contributed by atoms with Crippen LogP contribution in [0.15, 0.2) is 17.5 Å². The highest BCUT2D eigenvalue weighted by atomic mass is 32.1. The van der Waals surface area contributed by atoms with Gasteiger partial charge in [0.05, 0.1) is 6.10 Å². The summed E-state index contributed by atoms with van der Waals surface area (Å²) in [5.74, 6) is 0.423. The summed E-state index contributed by atoms with van der Waals surface area (Å²) in [6.45, 7) is 4.26. The minimum absolute atomic E-state index is 0.00254. The summed E-state index contributed by atoms with van der Waals surface area (Å²) in [5, 5.41) is 4.85. The number of nitrogens with one attached hydrogen (secondary N) is 1. The second-order valence-electron chi connectivity index (χ2n) is 4.01. The van der Waals surface area contributed by atoms with E-state index in [-0.39, 0.29) is 18.1 Å². The van der Waals surface area contributed by atoms with Gasteiger partial charge in [0.15, 0.2) is 0 Å². The molecule has 0 saturated carbocycles. The van der Waals surface area contributed by atoms with E-state index in [1.165, 1.54) is 0 Å². The van der Waals surface area contributed by atoms with Gasteiger partial charge < -0.3 is 14.8 Å². The Bertz CT molecular complexity index is 516. The quantitative estimate of drug-likeness (QED) is 0.876. The highest BCUT2D eigenvalue weighted by Gasteiger charge is 2.09. The number of hydrogen-bond donors (Lipinski definition) is 1. The monoisotopic (exact) mass is 280 g/mol. The highest BCUT2D eigenvalue weighted by Crippen LogP contribution is 2.16. The van der Waals surface area contributed by atoms with Crippen LogP contribution in [0.5, 0.6) is 12.0 Å². The standard InChI is InChI=1S/C12H16N4O2S/c1-8(2)18-12-15-10(13-3)14-11(16-12)17-7-9-5-4-6-19-9/h4-6,8H,7H2,1-3H3,(H,13,14,15,16). The molecule has 0 spiro atoms. The van der Waals surface area contributed by atoms with Crippen molar-refractivity contribution in [2.45, 2.75) is 26.6 Å². The van der Waals surface area contributed by atoms with Gasteiger partial charge >= 0.3 is 12.0 Å². The Morgan fingerprint density at radius 1 is 1.26 bits per heavy atom. The van der Waals surface area contributed by atoms with Gasteiger partial charge in [-0.2, -0.15) is 9.97 Å². The summed E-state index contributed by atoms with van der Waals surface area (Å²) in [4.78, 5) is 13.5. The Hall–Kier alpha value is -1.89. The van der Waals surface area contributed by atoms with Crippen LogP contribution in [0.25, 0.3) is 0 Å². The maximum Gasteiger partial charge on any atom is 0.324 e. The lowest BCUT2D eigenvalue weighted by atomic mass is 10.5. The van der Waals surface area contributed by atoms with E-state index in [1.807, 2.05) is 31.4 Å². The van der Waals surface area contributed by atoms with Crippen molar-refractivity contribution < 1.29 is 9.47 Å². The first-order chi connectivity index (χ1) is 9.17. The molecule has 2 aromatic rings. The fourth-order valence-electron chi connectivity index (χ4n) is 1.31. The summed E-state index contributed by atoms with van der Waals surface area (Å²) in [5.41, 5.74) is 0. The Morgan fingerprint density at radius 2 is 2.05 bits per heavy atom. The number of nitrogens with zero attached hydrogens (tertiary/aromatic N) is 3. The zero-order valence-electron chi connectivity index (χ0n) is 11.1. The molecule has 1 N–H and O–H groups in total. The molecule has 0 aromatic carbocycles. The first-order valence-corrected chi connectivity index (χ1v) is 6.81. The molecule has 0 fully saturated rings. The van der Waals surface area contributed by atoms with Crippen molar-refractivity contribution in [2.24, 2.45) is 0 Å². The molecule has 0 saturated heterocycles. The average molecular weight is 280 g/mol. The van der Waals surface area contributed by atoms with E-state index in [0.29, 0.717) is 12.6 Å². The third-order valence-electron chi connectivity index (χ3n) is 2.08. The number of thiophene rings is 1. The first kappa shape index (κ1) is 13.5. The molecule has 0 amide bonds. The zero-order chi connectivity index (χ0) is 13.7. The normalized spacial score (nSPS) is 10.5. The lowest BCUT2D eigenvalue weighted by Gasteiger charge is -2.10. The second-order valence-corrected chi connectivity index (χ2v) is 5.04. The van der Waals surface area contributed by atoms with E-state index in [9.17, 15) is 0 Å². The SMILES string of the molecule is CNc1nc(OCc2cccs2)nc(OC(C)C)n1. The predicted octanol–water partition coefficient (Wildman–Crippen LogP) is 2.34. The summed E-state index contributed by atoms with van der Waals surface area (Å²) < 4.78 is 11.0. The van der Waals surface area contributed by atoms with Gasteiger partial charge in [0.2, 0.25) is 5.95 Å². The summed E-state index contributed by atoms with van der Waals surface area (Å²) in [6.07, 6.45) is -0.00254. The summed E-state index contributed by atoms with van der Waals surface area (Å²) in [7, 11) is 1.73. The van der Waals surface area contributed by atoms with Gasteiger partial charge in [-0.25, -0.2) is 0 Å². The smallest absolute Gasteiger partial charge is 0.324 e. The van der Waals surface area contributed by atoms with Crippen molar-refractivity contribution in [1.29, 1.82) is 0 Å². The molecular weight excluding hydrogens is 264 g/mol. The number of rotatable bonds is 6. The minimum Gasteiger partial charge on any atom is -0.461 e. The molecule has 2 aromatic heterocycles. The van der Waals surface area contributed by atoms with Crippen LogP contribution in [0.2, 0.25) is 0 Å². The predicted molar refractivity (Wildman–Crippen MR) is 73.8 cm³/mol. The van der Waals surface area contributed by atoms with E-state index < -0.39 is 0 Å². The fraction of sp³-hybridized carbons (Fsp3) is 0.417. The molecule has 0 atom stereocenters. The molecule has 7 heteroatoms. The van der Waals surface area contributed by atoms with E-state index >= 15 is 0 Å². The van der Waals surface area contributed by atoms with Crippen LogP contribution in [-0.4, -0.2) is 28.1 Å². The molecule has 2 rings (SSSR count). The molecule has 0 bridgehead atoms. The van der Waals surface area contributed by atoms with Crippen LogP contribution in [0.1, 0.15) is 18.7 Å². The van der Waals surface area contributed by atoms with Crippen molar-refractivity contribution in [2.75, 3.05) is 12.4 Å². The molecule has 19 heavy (non-hydrogen) atoms. The average Bonchev–Trinajstić information content (AvgIpc) is 2.88. The number of aromatic nitrogens is 3. The van der Waals surface area contributed by atoms with Gasteiger partial charge in [0, 0.05) is 11.9 Å². The van der Waals surface area contributed by atoms with Crippen LogP contribution in [0.4, 0.5) is 5.95 Å². The Kier molecular flexibility index (Phi) is 4.51. The van der Waals surface area contributed by atoms with E-state index in [0.717, 1.165) is 4.88 Å². The molecular formula is C12H16N4O2S. The Labute approximate surface area is 115 Å². The van der Waals surface area contributed by atoms with Crippen LogP contribution >= 0.6 is 11.3 Å². The molecule has 102 valence electrons. The van der Waals surface area contributed by atoms with Gasteiger partial charge in [0.1, 0.15) is 6.61 Å². The molecule has 2 heterocycles. The third kappa shape index (κ3) is 4.06. The van der Waals surface area contributed by atoms with Crippen molar-refractivity contribution in [1.82, 2.24) is 15.0 Å². The highest BCUT2D eigenvalue weighted by molar-refractivity contribution is 7.09. The second kappa shape index (κ2) is 6.33. The van der Waals surface area contributed by atoms with Crippen molar-refractivity contribution >= 4 is 17.3 Å². The van der Waals surface area contributed by atoms with Gasteiger partial charge in [-0.15, -0.1) is 16.3 Å². The van der Waals surface area contributed by atoms with E-state index in [1.54, 1.807) is 18.4 Å². The summed E-state index contributed by atoms with van der Waals surface area (Å²) >= 11 is 1.62. The third-order valence-corrected chi connectivity index (χ3v) is 2.93.